The minimum Gasteiger partial charge on any atom is -0.314 e. The highest BCUT2D eigenvalue weighted by atomic mass is 15.3. The predicted octanol–water partition coefficient (Wildman–Crippen LogP) is 2.05. The molecular weight excluding hydrogens is 174 g/mol. The number of nitrogens with zero attached hydrogens (tertiary/aromatic N) is 2. The van der Waals surface area contributed by atoms with Crippen LogP contribution in [-0.2, 0) is 6.54 Å². The van der Waals surface area contributed by atoms with Gasteiger partial charge >= 0.3 is 0 Å². The summed E-state index contributed by atoms with van der Waals surface area (Å²) in [5, 5.41) is 7.66. The van der Waals surface area contributed by atoms with Crippen LogP contribution in [0.3, 0.4) is 0 Å². The summed E-state index contributed by atoms with van der Waals surface area (Å²) in [4.78, 5) is 0. The number of nitrogens with one attached hydrogen (secondary N) is 1. The molecule has 1 N–H and O–H groups in total. The third kappa shape index (κ3) is 4.42. The monoisotopic (exact) mass is 195 g/mol. The molecule has 0 bridgehead atoms. The van der Waals surface area contributed by atoms with Crippen molar-refractivity contribution in [3.8, 4) is 0 Å². The average molecular weight is 195 g/mol. The Bertz CT molecular complexity index is 218. The molecule has 0 aliphatic carbocycles. The maximum atomic E-state index is 4.16. The van der Waals surface area contributed by atoms with Gasteiger partial charge in [-0.1, -0.05) is 13.3 Å². The van der Waals surface area contributed by atoms with Crippen molar-refractivity contribution in [3.63, 3.8) is 0 Å². The van der Waals surface area contributed by atoms with E-state index in [0.717, 1.165) is 19.5 Å². The molecule has 0 saturated carbocycles. The summed E-state index contributed by atoms with van der Waals surface area (Å²) >= 11 is 0. The van der Waals surface area contributed by atoms with Gasteiger partial charge in [-0.3, -0.25) is 4.68 Å². The predicted molar refractivity (Wildman–Crippen MR) is 59.2 cm³/mol. The molecular formula is C11H21N3. The second kappa shape index (κ2) is 6.60. The van der Waals surface area contributed by atoms with Crippen molar-refractivity contribution in [1.82, 2.24) is 15.1 Å². The van der Waals surface area contributed by atoms with E-state index < -0.39 is 0 Å². The van der Waals surface area contributed by atoms with Crippen LogP contribution in [0.4, 0.5) is 0 Å². The van der Waals surface area contributed by atoms with Crippen LogP contribution in [0.25, 0.3) is 0 Å². The molecule has 0 radical (unpaired) electrons. The lowest BCUT2D eigenvalue weighted by atomic mass is 10.2. The first-order valence-corrected chi connectivity index (χ1v) is 5.53. The van der Waals surface area contributed by atoms with E-state index in [1.54, 1.807) is 0 Å². The molecule has 0 aliphatic heterocycles. The Hall–Kier alpha value is -0.830. The molecule has 1 rings (SSSR count). The minimum atomic E-state index is 0.651. The van der Waals surface area contributed by atoms with Crippen molar-refractivity contribution >= 4 is 0 Å². The van der Waals surface area contributed by atoms with Crippen LogP contribution in [0.5, 0.6) is 0 Å². The van der Waals surface area contributed by atoms with Crippen LogP contribution < -0.4 is 5.32 Å². The van der Waals surface area contributed by atoms with Crippen LogP contribution >= 0.6 is 0 Å². The molecule has 80 valence electrons. The van der Waals surface area contributed by atoms with Gasteiger partial charge in [0, 0.05) is 25.0 Å². The highest BCUT2D eigenvalue weighted by Crippen LogP contribution is 1.95. The molecule has 0 saturated heterocycles. The van der Waals surface area contributed by atoms with Gasteiger partial charge in [-0.25, -0.2) is 0 Å². The third-order valence-electron chi connectivity index (χ3n) is 2.34. The summed E-state index contributed by atoms with van der Waals surface area (Å²) in [6.07, 6.45) is 7.51. The summed E-state index contributed by atoms with van der Waals surface area (Å²) in [5.74, 6) is 0. The van der Waals surface area contributed by atoms with Crippen LogP contribution in [0.1, 0.15) is 33.1 Å². The maximum absolute atomic E-state index is 4.16. The Morgan fingerprint density at radius 1 is 1.50 bits per heavy atom. The van der Waals surface area contributed by atoms with Crippen LogP contribution in [0.2, 0.25) is 0 Å². The van der Waals surface area contributed by atoms with E-state index in [-0.39, 0.29) is 0 Å². The Balaban J connectivity index is 1.99. The maximum Gasteiger partial charge on any atom is 0.0489 e. The molecule has 0 aliphatic rings. The minimum absolute atomic E-state index is 0.651. The third-order valence-corrected chi connectivity index (χ3v) is 2.34. The molecule has 0 spiro atoms. The fraction of sp³-hybridized carbons (Fsp3) is 0.727. The second-order valence-corrected chi connectivity index (χ2v) is 3.77. The van der Waals surface area contributed by atoms with Crippen LogP contribution in [0.15, 0.2) is 18.5 Å². The summed E-state index contributed by atoms with van der Waals surface area (Å²) in [6, 6.07) is 2.62. The molecule has 1 unspecified atom stereocenters. The van der Waals surface area contributed by atoms with Crippen LogP contribution in [0, 0.1) is 0 Å². The first kappa shape index (κ1) is 11.2. The van der Waals surface area contributed by atoms with Crippen molar-refractivity contribution in [3.05, 3.63) is 18.5 Å². The lowest BCUT2D eigenvalue weighted by Gasteiger charge is -2.12. The zero-order chi connectivity index (χ0) is 10.2. The first-order valence-electron chi connectivity index (χ1n) is 5.53. The number of hydrogen-bond donors (Lipinski definition) is 1. The first-order chi connectivity index (χ1) is 6.83. The quantitative estimate of drug-likeness (QED) is 0.675. The molecule has 0 aromatic carbocycles. The molecule has 1 aromatic rings. The summed E-state index contributed by atoms with van der Waals surface area (Å²) in [5.41, 5.74) is 0. The van der Waals surface area contributed by atoms with Crippen LogP contribution in [-0.4, -0.2) is 22.4 Å². The standard InChI is InChI=1S/C11H21N3/c1-3-6-11(2)12-7-4-9-14-10-5-8-13-14/h5,8,10-12H,3-4,6-7,9H2,1-2H3. The highest BCUT2D eigenvalue weighted by Gasteiger charge is 1.98. The normalized spacial score (nSPS) is 13.0. The Labute approximate surface area is 86.5 Å². The van der Waals surface area contributed by atoms with E-state index in [0.29, 0.717) is 6.04 Å². The Morgan fingerprint density at radius 3 is 3.00 bits per heavy atom. The zero-order valence-electron chi connectivity index (χ0n) is 9.24. The summed E-state index contributed by atoms with van der Waals surface area (Å²) < 4.78 is 1.98. The van der Waals surface area contributed by atoms with Crippen molar-refractivity contribution in [2.75, 3.05) is 6.54 Å². The van der Waals surface area contributed by atoms with Gasteiger partial charge in [0.2, 0.25) is 0 Å². The van der Waals surface area contributed by atoms with E-state index in [2.05, 4.69) is 24.3 Å². The van der Waals surface area contributed by atoms with Gasteiger partial charge in [0.25, 0.3) is 0 Å². The SMILES string of the molecule is CCCC(C)NCCCn1cccn1. The number of hydrogen-bond acceptors (Lipinski definition) is 2. The Kier molecular flexibility index (Phi) is 5.30. The molecule has 0 amide bonds. The fourth-order valence-corrected chi connectivity index (χ4v) is 1.56. The average Bonchev–Trinajstić information content (AvgIpc) is 2.65. The fourth-order valence-electron chi connectivity index (χ4n) is 1.56. The van der Waals surface area contributed by atoms with E-state index >= 15 is 0 Å². The molecule has 3 heteroatoms. The lowest BCUT2D eigenvalue weighted by Crippen LogP contribution is -2.27. The van der Waals surface area contributed by atoms with E-state index in [1.165, 1.54) is 12.8 Å². The molecule has 1 aromatic heterocycles. The number of aryl methyl sites for hydroxylation is 1. The van der Waals surface area contributed by atoms with Gasteiger partial charge in [0.1, 0.15) is 0 Å². The van der Waals surface area contributed by atoms with Gasteiger partial charge in [-0.15, -0.1) is 0 Å². The summed E-state index contributed by atoms with van der Waals surface area (Å²) in [6.45, 7) is 6.57. The largest absolute Gasteiger partial charge is 0.314 e. The molecule has 14 heavy (non-hydrogen) atoms. The summed E-state index contributed by atoms with van der Waals surface area (Å²) in [7, 11) is 0. The van der Waals surface area contributed by atoms with Gasteiger partial charge < -0.3 is 5.32 Å². The molecule has 1 atom stereocenters. The molecule has 1 heterocycles. The van der Waals surface area contributed by atoms with Gasteiger partial charge in [-0.2, -0.15) is 5.10 Å². The lowest BCUT2D eigenvalue weighted by molar-refractivity contribution is 0.475. The molecule has 3 nitrogen and oxygen atoms in total. The van der Waals surface area contributed by atoms with Gasteiger partial charge in [-0.05, 0) is 32.4 Å². The number of rotatable bonds is 7. The highest BCUT2D eigenvalue weighted by molar-refractivity contribution is 4.77. The smallest absolute Gasteiger partial charge is 0.0489 e. The van der Waals surface area contributed by atoms with Crippen molar-refractivity contribution in [2.24, 2.45) is 0 Å². The van der Waals surface area contributed by atoms with Gasteiger partial charge in [0.15, 0.2) is 0 Å². The van der Waals surface area contributed by atoms with E-state index in [9.17, 15) is 0 Å². The van der Waals surface area contributed by atoms with Crippen molar-refractivity contribution in [2.45, 2.75) is 45.7 Å². The van der Waals surface area contributed by atoms with E-state index in [4.69, 9.17) is 0 Å². The van der Waals surface area contributed by atoms with Crippen molar-refractivity contribution < 1.29 is 0 Å². The Morgan fingerprint density at radius 2 is 2.36 bits per heavy atom. The van der Waals surface area contributed by atoms with E-state index in [1.807, 2.05) is 23.1 Å². The second-order valence-electron chi connectivity index (χ2n) is 3.77. The van der Waals surface area contributed by atoms with Gasteiger partial charge in [0.05, 0.1) is 0 Å². The molecule has 0 fully saturated rings. The topological polar surface area (TPSA) is 29.9 Å². The van der Waals surface area contributed by atoms with Crippen molar-refractivity contribution in [1.29, 1.82) is 0 Å². The zero-order valence-corrected chi connectivity index (χ0v) is 9.24. The number of aromatic nitrogens is 2.